The molecule has 0 aromatic heterocycles. The highest BCUT2D eigenvalue weighted by molar-refractivity contribution is 7.97. The first-order valence-corrected chi connectivity index (χ1v) is 7.21. The molecule has 0 bridgehead atoms. The van der Waals surface area contributed by atoms with E-state index >= 15 is 0 Å². The summed E-state index contributed by atoms with van der Waals surface area (Å²) >= 11 is 0. The first-order chi connectivity index (χ1) is 7.52. The van der Waals surface area contributed by atoms with E-state index in [-0.39, 0.29) is 22.1 Å². The van der Waals surface area contributed by atoms with Crippen LogP contribution in [0.3, 0.4) is 0 Å². The second-order valence-electron chi connectivity index (χ2n) is 3.16. The van der Waals surface area contributed by atoms with Crippen LogP contribution in [-0.2, 0) is 30.0 Å². The number of rotatable bonds is 6. The predicted octanol–water partition coefficient (Wildman–Crippen LogP) is 0.915. The standard InChI is InChI=1S/C11H19O4S/c1-5-14-10(12)8-7-9(16(3)4)11(13)15-6-2/h7-9H,5-6H2,1-4H3/q+1. The Bertz CT molecular complexity index is 261. The number of esters is 2. The molecule has 0 N–H and O–H groups in total. The fraction of sp³-hybridized carbons (Fsp3) is 0.636. The summed E-state index contributed by atoms with van der Waals surface area (Å²) < 4.78 is 9.66. The quantitative estimate of drug-likeness (QED) is 0.398. The minimum Gasteiger partial charge on any atom is -0.463 e. The van der Waals surface area contributed by atoms with Crippen LogP contribution < -0.4 is 0 Å². The van der Waals surface area contributed by atoms with E-state index in [1.165, 1.54) is 6.08 Å². The zero-order valence-corrected chi connectivity index (χ0v) is 11.0. The Morgan fingerprint density at radius 3 is 2.19 bits per heavy atom. The molecular weight excluding hydrogens is 228 g/mol. The Labute approximate surface area is 99.3 Å². The van der Waals surface area contributed by atoms with Gasteiger partial charge in [-0.2, -0.15) is 0 Å². The van der Waals surface area contributed by atoms with Gasteiger partial charge in [-0.05, 0) is 30.8 Å². The van der Waals surface area contributed by atoms with Crippen LogP contribution in [0.2, 0.25) is 0 Å². The van der Waals surface area contributed by atoms with Gasteiger partial charge in [0.05, 0.1) is 25.7 Å². The van der Waals surface area contributed by atoms with Crippen molar-refractivity contribution in [2.24, 2.45) is 0 Å². The van der Waals surface area contributed by atoms with E-state index < -0.39 is 5.97 Å². The van der Waals surface area contributed by atoms with Gasteiger partial charge in [0.1, 0.15) is 0 Å². The average molecular weight is 247 g/mol. The lowest BCUT2D eigenvalue weighted by atomic mass is 10.3. The molecule has 16 heavy (non-hydrogen) atoms. The summed E-state index contributed by atoms with van der Waals surface area (Å²) in [6.07, 6.45) is 6.70. The third-order valence-corrected chi connectivity index (χ3v) is 3.09. The van der Waals surface area contributed by atoms with Crippen molar-refractivity contribution in [1.82, 2.24) is 0 Å². The molecule has 0 aliphatic rings. The lowest BCUT2D eigenvalue weighted by molar-refractivity contribution is -0.141. The van der Waals surface area contributed by atoms with Gasteiger partial charge in [0.2, 0.25) is 5.25 Å². The Morgan fingerprint density at radius 1 is 1.19 bits per heavy atom. The molecule has 0 heterocycles. The van der Waals surface area contributed by atoms with Crippen LogP contribution in [0.1, 0.15) is 13.8 Å². The molecular formula is C11H19O4S+. The molecule has 0 aromatic carbocycles. The van der Waals surface area contributed by atoms with Crippen LogP contribution in [0.15, 0.2) is 12.2 Å². The van der Waals surface area contributed by atoms with E-state index in [0.717, 1.165) is 0 Å². The third-order valence-electron chi connectivity index (χ3n) is 1.72. The van der Waals surface area contributed by atoms with Crippen LogP contribution in [-0.4, -0.2) is 42.9 Å². The maximum atomic E-state index is 11.5. The number of hydrogen-bond acceptors (Lipinski definition) is 4. The van der Waals surface area contributed by atoms with Crippen molar-refractivity contribution < 1.29 is 19.1 Å². The molecule has 0 spiro atoms. The van der Waals surface area contributed by atoms with Gasteiger partial charge in [-0.1, -0.05) is 0 Å². The normalized spacial score (nSPS) is 12.8. The molecule has 1 atom stereocenters. The van der Waals surface area contributed by atoms with Gasteiger partial charge in [-0.15, -0.1) is 0 Å². The van der Waals surface area contributed by atoms with Gasteiger partial charge in [-0.25, -0.2) is 9.59 Å². The second-order valence-corrected chi connectivity index (χ2v) is 5.43. The van der Waals surface area contributed by atoms with E-state index in [1.54, 1.807) is 19.9 Å². The highest BCUT2D eigenvalue weighted by atomic mass is 32.2. The lowest BCUT2D eigenvalue weighted by Crippen LogP contribution is -2.29. The largest absolute Gasteiger partial charge is 0.463 e. The minimum atomic E-state index is -0.428. The van der Waals surface area contributed by atoms with Crippen molar-refractivity contribution in [2.75, 3.05) is 25.7 Å². The van der Waals surface area contributed by atoms with E-state index in [9.17, 15) is 9.59 Å². The van der Waals surface area contributed by atoms with Crippen LogP contribution in [0, 0.1) is 0 Å². The van der Waals surface area contributed by atoms with E-state index in [2.05, 4.69) is 0 Å². The first-order valence-electron chi connectivity index (χ1n) is 5.10. The van der Waals surface area contributed by atoms with Gasteiger partial charge < -0.3 is 9.47 Å². The average Bonchev–Trinajstić information content (AvgIpc) is 2.18. The molecule has 5 heteroatoms. The Hall–Kier alpha value is -0.970. The molecule has 0 amide bonds. The molecule has 0 fully saturated rings. The highest BCUT2D eigenvalue weighted by Gasteiger charge is 2.28. The number of hydrogen-bond donors (Lipinski definition) is 0. The summed E-state index contributed by atoms with van der Waals surface area (Å²) in [5, 5.41) is -0.371. The van der Waals surface area contributed by atoms with E-state index in [4.69, 9.17) is 9.47 Å². The third kappa shape index (κ3) is 5.80. The number of carbonyl (C=O) groups excluding carboxylic acids is 2. The zero-order valence-electron chi connectivity index (χ0n) is 10.2. The summed E-state index contributed by atoms with van der Waals surface area (Å²) in [7, 11) is -0.174. The minimum absolute atomic E-state index is 0.174. The summed E-state index contributed by atoms with van der Waals surface area (Å²) in [6, 6.07) is 0. The van der Waals surface area contributed by atoms with Gasteiger partial charge >= 0.3 is 11.9 Å². The molecule has 4 nitrogen and oxygen atoms in total. The molecule has 0 rings (SSSR count). The zero-order chi connectivity index (χ0) is 12.6. The van der Waals surface area contributed by atoms with Gasteiger partial charge in [0.25, 0.3) is 0 Å². The second kappa shape index (κ2) is 8.21. The summed E-state index contributed by atoms with van der Waals surface area (Å²) in [5.74, 6) is -0.723. The molecule has 0 saturated heterocycles. The topological polar surface area (TPSA) is 52.6 Å². The van der Waals surface area contributed by atoms with Gasteiger partial charge in [0.15, 0.2) is 0 Å². The van der Waals surface area contributed by atoms with Crippen molar-refractivity contribution in [3.8, 4) is 0 Å². The van der Waals surface area contributed by atoms with Crippen molar-refractivity contribution in [3.05, 3.63) is 12.2 Å². The molecule has 0 aliphatic heterocycles. The van der Waals surface area contributed by atoms with E-state index in [0.29, 0.717) is 13.2 Å². The molecule has 0 radical (unpaired) electrons. The lowest BCUT2D eigenvalue weighted by Gasteiger charge is -2.08. The highest BCUT2D eigenvalue weighted by Crippen LogP contribution is 2.05. The van der Waals surface area contributed by atoms with Crippen LogP contribution in [0.25, 0.3) is 0 Å². The predicted molar refractivity (Wildman–Crippen MR) is 65.4 cm³/mol. The van der Waals surface area contributed by atoms with Crippen molar-refractivity contribution in [1.29, 1.82) is 0 Å². The smallest absolute Gasteiger partial charge is 0.363 e. The number of carbonyl (C=O) groups is 2. The molecule has 0 aromatic rings. The maximum absolute atomic E-state index is 11.5. The van der Waals surface area contributed by atoms with Gasteiger partial charge in [-0.3, -0.25) is 0 Å². The Kier molecular flexibility index (Phi) is 7.72. The maximum Gasteiger partial charge on any atom is 0.363 e. The fourth-order valence-corrected chi connectivity index (χ4v) is 1.85. The van der Waals surface area contributed by atoms with Crippen molar-refractivity contribution >= 4 is 22.8 Å². The summed E-state index contributed by atoms with van der Waals surface area (Å²) in [6.45, 7) is 4.17. The summed E-state index contributed by atoms with van der Waals surface area (Å²) in [4.78, 5) is 22.6. The molecule has 92 valence electrons. The monoisotopic (exact) mass is 247 g/mol. The molecule has 0 aliphatic carbocycles. The SMILES string of the molecule is CCOC(=O)C=CC(C(=O)OCC)[S+](C)C. The molecule has 1 unspecified atom stereocenters. The van der Waals surface area contributed by atoms with E-state index in [1.807, 2.05) is 12.5 Å². The molecule has 0 saturated carbocycles. The van der Waals surface area contributed by atoms with Gasteiger partial charge in [0, 0.05) is 6.08 Å². The van der Waals surface area contributed by atoms with Crippen LogP contribution in [0.5, 0.6) is 0 Å². The van der Waals surface area contributed by atoms with Crippen LogP contribution >= 0.6 is 0 Å². The Balaban J connectivity index is 4.44. The summed E-state index contributed by atoms with van der Waals surface area (Å²) in [5.41, 5.74) is 0. The number of ether oxygens (including phenoxy) is 2. The fourth-order valence-electron chi connectivity index (χ4n) is 1.01. The Morgan fingerprint density at radius 2 is 1.75 bits per heavy atom. The van der Waals surface area contributed by atoms with Crippen LogP contribution in [0.4, 0.5) is 0 Å². The van der Waals surface area contributed by atoms with Crippen molar-refractivity contribution in [3.63, 3.8) is 0 Å². The first kappa shape index (κ1) is 15.0. The van der Waals surface area contributed by atoms with Crippen molar-refractivity contribution in [2.45, 2.75) is 19.1 Å².